The third kappa shape index (κ3) is 12.1. The molecule has 214 valence electrons. The van der Waals surface area contributed by atoms with E-state index < -0.39 is 41.7 Å². The average molecular weight is 547 g/mol. The summed E-state index contributed by atoms with van der Waals surface area (Å²) in [6.45, 7) is 2.22. The molecule has 0 bridgehead atoms. The Kier molecular flexibility index (Phi) is 13.7. The third-order valence-electron chi connectivity index (χ3n) is 5.79. The highest BCUT2D eigenvalue weighted by Crippen LogP contribution is 2.24. The summed E-state index contributed by atoms with van der Waals surface area (Å²) in [6.07, 6.45) is -0.0971. The maximum atomic E-state index is 13.6. The van der Waals surface area contributed by atoms with Crippen LogP contribution in [0.1, 0.15) is 56.6 Å². The first-order chi connectivity index (χ1) is 18.4. The number of amides is 3. The molecule has 0 fully saturated rings. The number of carbonyl (C=O) groups excluding carboxylic acids is 4. The van der Waals surface area contributed by atoms with Gasteiger partial charge in [-0.2, -0.15) is 0 Å². The molecule has 0 saturated carbocycles. The highest BCUT2D eigenvalue weighted by atomic mass is 16.4. The normalized spacial score (nSPS) is 12.7. The molecule has 1 aromatic rings. The Hall–Kier alpha value is -4.49. The number of guanidine groups is 1. The molecule has 3 amide bonds. The molecule has 1 aromatic carbocycles. The lowest BCUT2D eigenvalue weighted by molar-refractivity contribution is -0.138. The molecule has 0 unspecified atom stereocenters. The van der Waals surface area contributed by atoms with E-state index in [1.165, 1.54) is 0 Å². The van der Waals surface area contributed by atoms with Crippen LogP contribution >= 0.6 is 0 Å². The van der Waals surface area contributed by atoms with Gasteiger partial charge in [0.15, 0.2) is 11.7 Å². The zero-order valence-corrected chi connectivity index (χ0v) is 22.0. The summed E-state index contributed by atoms with van der Waals surface area (Å²) in [5.74, 6) is -2.58. The number of carboxylic acids is 1. The second kappa shape index (κ2) is 16.4. The second-order valence-electron chi connectivity index (χ2n) is 8.93. The van der Waals surface area contributed by atoms with Crippen LogP contribution in [0.25, 0.3) is 0 Å². The number of benzene rings is 1. The van der Waals surface area contributed by atoms with Gasteiger partial charge in [-0.3, -0.25) is 24.8 Å². The Balaban J connectivity index is 3.12. The number of hydrogen-bond acceptors (Lipinski definition) is 7. The van der Waals surface area contributed by atoms with Crippen LogP contribution in [0, 0.1) is 5.41 Å². The minimum Gasteiger partial charge on any atom is -0.481 e. The van der Waals surface area contributed by atoms with Gasteiger partial charge in [-0.25, -0.2) is 4.79 Å². The van der Waals surface area contributed by atoms with Gasteiger partial charge in [0.1, 0.15) is 17.7 Å². The number of nitrogens with one attached hydrogen (secondary N) is 4. The van der Waals surface area contributed by atoms with Crippen molar-refractivity contribution in [1.29, 1.82) is 5.41 Å². The molecule has 0 spiro atoms. The van der Waals surface area contributed by atoms with Gasteiger partial charge in [0, 0.05) is 44.3 Å². The van der Waals surface area contributed by atoms with E-state index in [1.807, 2.05) is 0 Å². The zero-order valence-electron chi connectivity index (χ0n) is 22.0. The third-order valence-corrected chi connectivity index (χ3v) is 5.79. The fraction of sp³-hybridized carbons (Fsp3) is 0.480. The number of carboxylic acid groups (broad SMARTS) is 1. The Bertz CT molecular complexity index is 1070. The van der Waals surface area contributed by atoms with Crippen molar-refractivity contribution >= 4 is 41.8 Å². The molecule has 14 heteroatoms. The van der Waals surface area contributed by atoms with Crippen LogP contribution in [0.4, 0.5) is 4.79 Å². The maximum absolute atomic E-state index is 13.6. The van der Waals surface area contributed by atoms with Crippen LogP contribution in [0.3, 0.4) is 0 Å². The van der Waals surface area contributed by atoms with Crippen molar-refractivity contribution in [1.82, 2.24) is 16.0 Å². The van der Waals surface area contributed by atoms with Gasteiger partial charge < -0.3 is 43.1 Å². The van der Waals surface area contributed by atoms with Crippen LogP contribution in [-0.4, -0.2) is 71.5 Å². The fourth-order valence-electron chi connectivity index (χ4n) is 3.88. The largest absolute Gasteiger partial charge is 0.481 e. The molecule has 14 nitrogen and oxygen atoms in total. The maximum Gasteiger partial charge on any atom is 0.315 e. The monoisotopic (exact) mass is 546 g/mol. The minimum absolute atomic E-state index is 0.0826. The number of carbonyl (C=O) groups is 5. The van der Waals surface area contributed by atoms with Gasteiger partial charge in [0.25, 0.3) is 0 Å². The predicted octanol–water partition coefficient (Wildman–Crippen LogP) is -0.478. The van der Waals surface area contributed by atoms with Gasteiger partial charge in [0.2, 0.25) is 5.91 Å². The number of aliphatic imine (C=N–C) groups is 1. The molecule has 0 radical (unpaired) electrons. The Labute approximate surface area is 226 Å². The van der Waals surface area contributed by atoms with Gasteiger partial charge in [0.05, 0.1) is 6.04 Å². The quantitative estimate of drug-likeness (QED) is 0.0511. The number of ketones is 1. The molecule has 39 heavy (non-hydrogen) atoms. The molecular weight excluding hydrogens is 508 g/mol. The van der Waals surface area contributed by atoms with E-state index in [0.29, 0.717) is 23.8 Å². The van der Waals surface area contributed by atoms with Crippen LogP contribution in [0.5, 0.6) is 0 Å². The number of nitrogen functional groups attached to an aromatic ring is 1. The summed E-state index contributed by atoms with van der Waals surface area (Å²) in [6, 6.07) is 5.00. The highest BCUT2D eigenvalue weighted by molar-refractivity contribution is 5.96. The summed E-state index contributed by atoms with van der Waals surface area (Å²) in [5.41, 5.74) is 15.4. The van der Waals surface area contributed by atoms with Crippen molar-refractivity contribution in [2.24, 2.45) is 22.2 Å². The van der Waals surface area contributed by atoms with Crippen LogP contribution < -0.4 is 33.2 Å². The number of Topliss-reactive ketones (excluding diaryl/α,β-unsaturated/α-hetero) is 1. The molecule has 0 saturated heterocycles. The van der Waals surface area contributed by atoms with Crippen LogP contribution in [-0.2, 0) is 25.6 Å². The number of aldehydes is 1. The van der Waals surface area contributed by atoms with Crippen LogP contribution in [0.2, 0.25) is 0 Å². The molecule has 0 aliphatic carbocycles. The SMILES string of the molecule is CCNC(=O)N[C@](CCC(=O)O)(Cc1cccc(C(=N)N)c1)C(=O)CCC(=O)N[C@H](C=O)CCCN=C(N)N. The number of amidine groups is 1. The van der Waals surface area contributed by atoms with Crippen molar-refractivity contribution < 1.29 is 29.1 Å². The van der Waals surface area contributed by atoms with Gasteiger partial charge in [-0.1, -0.05) is 18.2 Å². The molecule has 0 aromatic heterocycles. The van der Waals surface area contributed by atoms with Crippen LogP contribution in [0.15, 0.2) is 29.3 Å². The lowest BCUT2D eigenvalue weighted by Gasteiger charge is -2.33. The first-order valence-electron chi connectivity index (χ1n) is 12.5. The summed E-state index contributed by atoms with van der Waals surface area (Å²) < 4.78 is 0. The second-order valence-corrected chi connectivity index (χ2v) is 8.93. The molecule has 11 N–H and O–H groups in total. The zero-order chi connectivity index (χ0) is 29.4. The molecule has 1 rings (SSSR count). The number of urea groups is 1. The standard InChI is InChI=1S/C25H38N8O6/c1-2-30-24(39)33-25(11-10-21(37)38,14-16-5-3-6-17(13-16)22(26)27)19(35)8-9-20(36)32-18(15-34)7-4-12-31-23(28)29/h3,5-6,13,15,18H,2,4,7-12,14H2,1H3,(H3,26,27)(H,32,36)(H,37,38)(H4,28,29,31)(H2,30,33,39)/t18-,25+/m0/s1. The van der Waals surface area contributed by atoms with E-state index in [4.69, 9.17) is 22.6 Å². The lowest BCUT2D eigenvalue weighted by atomic mass is 9.80. The Morgan fingerprint density at radius 2 is 1.87 bits per heavy atom. The summed E-state index contributed by atoms with van der Waals surface area (Å²) in [5, 5.41) is 24.7. The van der Waals surface area contributed by atoms with E-state index in [2.05, 4.69) is 20.9 Å². The summed E-state index contributed by atoms with van der Waals surface area (Å²) >= 11 is 0. The number of rotatable bonds is 18. The molecule has 0 heterocycles. The first kappa shape index (κ1) is 32.5. The van der Waals surface area contributed by atoms with Gasteiger partial charge in [-0.05, 0) is 37.8 Å². The van der Waals surface area contributed by atoms with E-state index >= 15 is 0 Å². The van der Waals surface area contributed by atoms with Crippen molar-refractivity contribution in [3.8, 4) is 0 Å². The Morgan fingerprint density at radius 1 is 1.15 bits per heavy atom. The topological polar surface area (TPSA) is 256 Å². The molecule has 2 atom stereocenters. The van der Waals surface area contributed by atoms with Crippen molar-refractivity contribution in [3.05, 3.63) is 35.4 Å². The van der Waals surface area contributed by atoms with Gasteiger partial charge in [-0.15, -0.1) is 0 Å². The summed E-state index contributed by atoms with van der Waals surface area (Å²) in [7, 11) is 0. The lowest BCUT2D eigenvalue weighted by Crippen LogP contribution is -2.59. The number of nitrogens with zero attached hydrogens (tertiary/aromatic N) is 1. The number of aliphatic carboxylic acids is 1. The number of hydrogen-bond donors (Lipinski definition) is 8. The average Bonchev–Trinajstić information content (AvgIpc) is 2.87. The number of nitrogens with two attached hydrogens (primary N) is 3. The first-order valence-corrected chi connectivity index (χ1v) is 12.5. The van der Waals surface area contributed by atoms with E-state index in [9.17, 15) is 29.1 Å². The van der Waals surface area contributed by atoms with E-state index in [1.54, 1.807) is 31.2 Å². The minimum atomic E-state index is -1.67. The molecule has 0 aliphatic rings. The van der Waals surface area contributed by atoms with E-state index in [-0.39, 0.29) is 57.0 Å². The molecular formula is C25H38N8O6. The van der Waals surface area contributed by atoms with Crippen molar-refractivity contribution in [2.45, 2.75) is 63.5 Å². The predicted molar refractivity (Wildman–Crippen MR) is 145 cm³/mol. The van der Waals surface area contributed by atoms with E-state index in [0.717, 1.165) is 0 Å². The Morgan fingerprint density at radius 3 is 2.46 bits per heavy atom. The fourth-order valence-corrected chi connectivity index (χ4v) is 3.88. The smallest absolute Gasteiger partial charge is 0.315 e. The highest BCUT2D eigenvalue weighted by Gasteiger charge is 2.40. The van der Waals surface area contributed by atoms with Crippen molar-refractivity contribution in [3.63, 3.8) is 0 Å². The van der Waals surface area contributed by atoms with Gasteiger partial charge >= 0.3 is 12.0 Å². The molecule has 0 aliphatic heterocycles. The van der Waals surface area contributed by atoms with Crippen molar-refractivity contribution in [2.75, 3.05) is 13.1 Å². The summed E-state index contributed by atoms with van der Waals surface area (Å²) in [4.78, 5) is 65.3.